The molecule has 5 nitrogen and oxygen atoms in total. The molecule has 1 saturated heterocycles. The lowest BCUT2D eigenvalue weighted by molar-refractivity contribution is -0.139. The van der Waals surface area contributed by atoms with Crippen LogP contribution in [0.2, 0.25) is 0 Å². The van der Waals surface area contributed by atoms with Gasteiger partial charge in [-0.3, -0.25) is 14.5 Å². The summed E-state index contributed by atoms with van der Waals surface area (Å²) >= 11 is 0. The maximum atomic E-state index is 11.5. The second-order valence-electron chi connectivity index (χ2n) is 5.46. The van der Waals surface area contributed by atoms with Crippen LogP contribution in [0.25, 0.3) is 0 Å². The Bertz CT molecular complexity index is 277. The smallest absolute Gasteiger partial charge is 0.303 e. The average Bonchev–Trinajstić information content (AvgIpc) is 1.95. The molecule has 16 heavy (non-hydrogen) atoms. The fourth-order valence-corrected chi connectivity index (χ4v) is 1.84. The van der Waals surface area contributed by atoms with E-state index >= 15 is 0 Å². The van der Waals surface area contributed by atoms with Crippen molar-refractivity contribution in [2.75, 3.05) is 19.6 Å². The zero-order valence-electron chi connectivity index (χ0n) is 10.1. The maximum Gasteiger partial charge on any atom is 0.303 e. The van der Waals surface area contributed by atoms with Crippen molar-refractivity contribution in [2.24, 2.45) is 5.92 Å². The van der Waals surface area contributed by atoms with Crippen LogP contribution < -0.4 is 5.32 Å². The van der Waals surface area contributed by atoms with Gasteiger partial charge in [-0.2, -0.15) is 0 Å². The predicted molar refractivity (Wildman–Crippen MR) is 60.1 cm³/mol. The van der Waals surface area contributed by atoms with Crippen LogP contribution in [-0.4, -0.2) is 47.1 Å². The van der Waals surface area contributed by atoms with Crippen LogP contribution >= 0.6 is 0 Å². The molecule has 0 bridgehead atoms. The van der Waals surface area contributed by atoms with Gasteiger partial charge in [-0.05, 0) is 26.7 Å². The second-order valence-corrected chi connectivity index (χ2v) is 5.46. The standard InChI is InChI=1S/C11H20N2O3/c1-11(2,3)12-9(14)7-13-5-8(6-13)4-10(15)16/h8H,4-7H2,1-3H3,(H,12,14)(H,15,16). The lowest BCUT2D eigenvalue weighted by Gasteiger charge is -2.38. The summed E-state index contributed by atoms with van der Waals surface area (Å²) in [5.41, 5.74) is -0.206. The van der Waals surface area contributed by atoms with E-state index in [0.717, 1.165) is 0 Å². The second kappa shape index (κ2) is 4.82. The summed E-state index contributed by atoms with van der Waals surface area (Å²) < 4.78 is 0. The average molecular weight is 228 g/mol. The molecule has 1 amide bonds. The molecule has 92 valence electrons. The minimum Gasteiger partial charge on any atom is -0.481 e. The maximum absolute atomic E-state index is 11.5. The van der Waals surface area contributed by atoms with Crippen molar-refractivity contribution in [3.63, 3.8) is 0 Å². The number of aliphatic carboxylic acids is 1. The van der Waals surface area contributed by atoms with E-state index < -0.39 is 5.97 Å². The molecule has 0 spiro atoms. The molecule has 0 radical (unpaired) electrons. The molecule has 0 aromatic heterocycles. The minimum absolute atomic E-state index is 0.00118. The van der Waals surface area contributed by atoms with Crippen LogP contribution in [0, 0.1) is 5.92 Å². The first-order valence-corrected chi connectivity index (χ1v) is 5.51. The van der Waals surface area contributed by atoms with Crippen LogP contribution in [0.1, 0.15) is 27.2 Å². The monoisotopic (exact) mass is 228 g/mol. The molecule has 0 unspecified atom stereocenters. The molecule has 0 aromatic carbocycles. The fraction of sp³-hybridized carbons (Fsp3) is 0.818. The summed E-state index contributed by atoms with van der Waals surface area (Å²) in [5.74, 6) is -0.551. The number of nitrogens with zero attached hydrogens (tertiary/aromatic N) is 1. The van der Waals surface area contributed by atoms with E-state index in [4.69, 9.17) is 5.11 Å². The molecule has 1 heterocycles. The Hall–Kier alpha value is -1.10. The summed E-state index contributed by atoms with van der Waals surface area (Å²) in [4.78, 5) is 23.9. The molecule has 2 N–H and O–H groups in total. The van der Waals surface area contributed by atoms with Crippen molar-refractivity contribution in [1.82, 2.24) is 10.2 Å². The molecular weight excluding hydrogens is 208 g/mol. The lowest BCUT2D eigenvalue weighted by Crippen LogP contribution is -2.53. The predicted octanol–water partition coefficient (Wildman–Crippen LogP) is 0.308. The molecule has 0 aromatic rings. The van der Waals surface area contributed by atoms with Gasteiger partial charge in [0, 0.05) is 18.6 Å². The van der Waals surface area contributed by atoms with Gasteiger partial charge < -0.3 is 10.4 Å². The molecule has 0 saturated carbocycles. The third-order valence-electron chi connectivity index (χ3n) is 2.38. The number of carboxylic acid groups (broad SMARTS) is 1. The molecule has 0 aliphatic carbocycles. The van der Waals surface area contributed by atoms with Crippen LogP contribution in [0.5, 0.6) is 0 Å². The first kappa shape index (κ1) is 13.0. The van der Waals surface area contributed by atoms with Gasteiger partial charge in [-0.25, -0.2) is 0 Å². The third kappa shape index (κ3) is 4.61. The van der Waals surface area contributed by atoms with Gasteiger partial charge in [-0.15, -0.1) is 0 Å². The zero-order chi connectivity index (χ0) is 12.3. The Labute approximate surface area is 95.8 Å². The van der Waals surface area contributed by atoms with E-state index in [1.54, 1.807) is 0 Å². The summed E-state index contributed by atoms with van der Waals surface area (Å²) in [6, 6.07) is 0. The topological polar surface area (TPSA) is 69.6 Å². The van der Waals surface area contributed by atoms with Gasteiger partial charge in [0.05, 0.1) is 13.0 Å². The van der Waals surface area contributed by atoms with E-state index in [1.165, 1.54) is 0 Å². The van der Waals surface area contributed by atoms with Crippen molar-refractivity contribution in [3.05, 3.63) is 0 Å². The van der Waals surface area contributed by atoms with Crippen LogP contribution in [0.4, 0.5) is 0 Å². The highest BCUT2D eigenvalue weighted by Crippen LogP contribution is 2.18. The number of carbonyl (C=O) groups excluding carboxylic acids is 1. The third-order valence-corrected chi connectivity index (χ3v) is 2.38. The van der Waals surface area contributed by atoms with Crippen molar-refractivity contribution < 1.29 is 14.7 Å². The molecule has 1 aliphatic heterocycles. The Balaban J connectivity index is 2.17. The number of likely N-dealkylation sites (tertiary alicyclic amines) is 1. The normalized spacial score (nSPS) is 17.9. The minimum atomic E-state index is -0.760. The Morgan fingerprint density at radius 2 is 1.94 bits per heavy atom. The van der Waals surface area contributed by atoms with Gasteiger partial charge in [0.15, 0.2) is 0 Å². The van der Waals surface area contributed by atoms with Gasteiger partial charge in [-0.1, -0.05) is 0 Å². The Kier molecular flexibility index (Phi) is 3.91. The summed E-state index contributed by atoms with van der Waals surface area (Å²) in [6.45, 7) is 7.61. The molecular formula is C11H20N2O3. The first-order chi connectivity index (χ1) is 7.26. The quantitative estimate of drug-likeness (QED) is 0.726. The van der Waals surface area contributed by atoms with Crippen LogP contribution in [0.15, 0.2) is 0 Å². The van der Waals surface area contributed by atoms with Gasteiger partial charge in [0.25, 0.3) is 0 Å². The first-order valence-electron chi connectivity index (χ1n) is 5.51. The number of amides is 1. The number of rotatable bonds is 4. The number of hydrogen-bond donors (Lipinski definition) is 2. The zero-order valence-corrected chi connectivity index (χ0v) is 10.1. The van der Waals surface area contributed by atoms with E-state index in [1.807, 2.05) is 25.7 Å². The summed E-state index contributed by atoms with van der Waals surface area (Å²) in [7, 11) is 0. The van der Waals surface area contributed by atoms with Gasteiger partial charge in [0.1, 0.15) is 0 Å². The van der Waals surface area contributed by atoms with Crippen LogP contribution in [0.3, 0.4) is 0 Å². The van der Waals surface area contributed by atoms with E-state index in [2.05, 4.69) is 5.32 Å². The highest BCUT2D eigenvalue weighted by Gasteiger charge is 2.30. The van der Waals surface area contributed by atoms with Crippen molar-refractivity contribution >= 4 is 11.9 Å². The van der Waals surface area contributed by atoms with Gasteiger partial charge in [0.2, 0.25) is 5.91 Å². The molecule has 1 aliphatic rings. The molecule has 5 heteroatoms. The molecule has 1 fully saturated rings. The lowest BCUT2D eigenvalue weighted by atomic mass is 9.96. The largest absolute Gasteiger partial charge is 0.481 e. The fourth-order valence-electron chi connectivity index (χ4n) is 1.84. The van der Waals surface area contributed by atoms with Crippen LogP contribution in [-0.2, 0) is 9.59 Å². The van der Waals surface area contributed by atoms with Crippen molar-refractivity contribution in [3.8, 4) is 0 Å². The number of nitrogens with one attached hydrogen (secondary N) is 1. The number of hydrogen-bond acceptors (Lipinski definition) is 3. The van der Waals surface area contributed by atoms with Gasteiger partial charge >= 0.3 is 5.97 Å². The Morgan fingerprint density at radius 3 is 2.38 bits per heavy atom. The molecule has 1 rings (SSSR count). The van der Waals surface area contributed by atoms with Crippen molar-refractivity contribution in [2.45, 2.75) is 32.7 Å². The van der Waals surface area contributed by atoms with E-state index in [9.17, 15) is 9.59 Å². The highest BCUT2D eigenvalue weighted by atomic mass is 16.4. The summed E-state index contributed by atoms with van der Waals surface area (Å²) in [5, 5.41) is 11.4. The number of carboxylic acids is 1. The SMILES string of the molecule is CC(C)(C)NC(=O)CN1CC(CC(=O)O)C1. The van der Waals surface area contributed by atoms with E-state index in [-0.39, 0.29) is 23.8 Å². The number of carbonyl (C=O) groups is 2. The highest BCUT2D eigenvalue weighted by molar-refractivity contribution is 5.78. The summed E-state index contributed by atoms with van der Waals surface area (Å²) in [6.07, 6.45) is 0.206. The molecule has 0 atom stereocenters. The Morgan fingerprint density at radius 1 is 1.38 bits per heavy atom. The van der Waals surface area contributed by atoms with Crippen molar-refractivity contribution in [1.29, 1.82) is 0 Å². The van der Waals surface area contributed by atoms with E-state index in [0.29, 0.717) is 19.6 Å².